The van der Waals surface area contributed by atoms with Crippen LogP contribution in [0, 0.1) is 6.42 Å². The highest BCUT2D eigenvalue weighted by Crippen LogP contribution is 2.20. The van der Waals surface area contributed by atoms with Gasteiger partial charge in [0.1, 0.15) is 11.8 Å². The summed E-state index contributed by atoms with van der Waals surface area (Å²) in [7, 11) is 0. The Morgan fingerprint density at radius 1 is 0.800 bits per heavy atom. The molecule has 3 aromatic carbocycles. The molecule has 0 N–H and O–H groups in total. The van der Waals surface area contributed by atoms with Crippen LogP contribution in [0.1, 0.15) is 30.0 Å². The van der Waals surface area contributed by atoms with E-state index < -0.39 is 0 Å². The fourth-order valence-corrected chi connectivity index (χ4v) is 3.33. The Bertz CT molecular complexity index is 1020. The van der Waals surface area contributed by atoms with Gasteiger partial charge in [0.15, 0.2) is 0 Å². The molecule has 1 heterocycles. The fourth-order valence-electron chi connectivity index (χ4n) is 3.33. The maximum atomic E-state index is 4.54. The first kappa shape index (κ1) is 15.7. The van der Waals surface area contributed by atoms with Gasteiger partial charge in [0.25, 0.3) is 0 Å². The third-order valence-electron chi connectivity index (χ3n) is 4.80. The Morgan fingerprint density at radius 2 is 1.60 bits per heavy atom. The SMILES string of the molecule is CCc1ccc2ccc(CC[CH+]c3cnc4ccccc4c3)cc2c1. The predicted molar refractivity (Wildman–Crippen MR) is 107 cm³/mol. The van der Waals surface area contributed by atoms with Crippen molar-refractivity contribution in [1.29, 1.82) is 0 Å². The van der Waals surface area contributed by atoms with E-state index in [1.807, 2.05) is 12.3 Å². The molecule has 25 heavy (non-hydrogen) atoms. The van der Waals surface area contributed by atoms with Crippen LogP contribution >= 0.6 is 0 Å². The highest BCUT2D eigenvalue weighted by Gasteiger charge is 2.06. The van der Waals surface area contributed by atoms with E-state index in [1.165, 1.54) is 32.8 Å². The van der Waals surface area contributed by atoms with Gasteiger partial charge in [-0.3, -0.25) is 0 Å². The van der Waals surface area contributed by atoms with Crippen molar-refractivity contribution in [2.45, 2.75) is 26.2 Å². The number of aromatic nitrogens is 1. The number of aryl methyl sites for hydroxylation is 2. The van der Waals surface area contributed by atoms with Crippen LogP contribution in [0.3, 0.4) is 0 Å². The first-order valence-corrected chi connectivity index (χ1v) is 9.01. The van der Waals surface area contributed by atoms with Gasteiger partial charge < -0.3 is 0 Å². The van der Waals surface area contributed by atoms with E-state index in [-0.39, 0.29) is 0 Å². The number of hydrogen-bond donors (Lipinski definition) is 0. The highest BCUT2D eigenvalue weighted by atomic mass is 14.6. The topological polar surface area (TPSA) is 12.9 Å². The lowest BCUT2D eigenvalue weighted by atomic mass is 9.99. The molecule has 4 rings (SSSR count). The van der Waals surface area contributed by atoms with Gasteiger partial charge in [-0.1, -0.05) is 55.5 Å². The van der Waals surface area contributed by atoms with E-state index in [9.17, 15) is 0 Å². The number of para-hydroxylation sites is 1. The van der Waals surface area contributed by atoms with Crippen LogP contribution in [0.15, 0.2) is 72.9 Å². The van der Waals surface area contributed by atoms with Crippen molar-refractivity contribution in [3.63, 3.8) is 0 Å². The summed E-state index contributed by atoms with van der Waals surface area (Å²) < 4.78 is 0. The molecule has 0 aliphatic heterocycles. The van der Waals surface area contributed by atoms with Crippen molar-refractivity contribution in [2.75, 3.05) is 0 Å². The molecule has 1 aromatic heterocycles. The van der Waals surface area contributed by atoms with Crippen LogP contribution in [0.5, 0.6) is 0 Å². The van der Waals surface area contributed by atoms with Crippen LogP contribution < -0.4 is 0 Å². The molecule has 0 aliphatic rings. The minimum atomic E-state index is 1.03. The number of rotatable bonds is 5. The van der Waals surface area contributed by atoms with E-state index in [0.717, 1.165) is 24.8 Å². The van der Waals surface area contributed by atoms with Gasteiger partial charge in [0.2, 0.25) is 0 Å². The fraction of sp³-hybridized carbons (Fsp3) is 0.167. The summed E-state index contributed by atoms with van der Waals surface area (Å²) in [5.41, 5.74) is 5.05. The maximum absolute atomic E-state index is 4.54. The lowest BCUT2D eigenvalue weighted by Crippen LogP contribution is -1.90. The smallest absolute Gasteiger partial charge is 0.149 e. The number of hydrogen-bond acceptors (Lipinski definition) is 1. The van der Waals surface area contributed by atoms with E-state index >= 15 is 0 Å². The molecule has 0 amide bonds. The second-order valence-corrected chi connectivity index (χ2v) is 6.57. The number of nitrogens with zero attached hydrogens (tertiary/aromatic N) is 1. The largest absolute Gasteiger partial charge is 0.188 e. The second kappa shape index (κ2) is 6.98. The van der Waals surface area contributed by atoms with Crippen molar-refractivity contribution in [3.8, 4) is 0 Å². The van der Waals surface area contributed by atoms with Gasteiger partial charge in [-0.25, -0.2) is 0 Å². The molecule has 4 aromatic rings. The van der Waals surface area contributed by atoms with E-state index in [2.05, 4.69) is 79.0 Å². The summed E-state index contributed by atoms with van der Waals surface area (Å²) in [4.78, 5) is 4.54. The summed E-state index contributed by atoms with van der Waals surface area (Å²) in [6, 6.07) is 24.1. The van der Waals surface area contributed by atoms with Crippen molar-refractivity contribution in [2.24, 2.45) is 0 Å². The van der Waals surface area contributed by atoms with Gasteiger partial charge in [-0.15, -0.1) is 0 Å². The van der Waals surface area contributed by atoms with Gasteiger partial charge in [-0.05, 0) is 46.9 Å². The first-order valence-electron chi connectivity index (χ1n) is 9.01. The van der Waals surface area contributed by atoms with Crippen molar-refractivity contribution < 1.29 is 0 Å². The minimum Gasteiger partial charge on any atom is -0.188 e. The average Bonchev–Trinajstić information content (AvgIpc) is 2.67. The molecule has 0 radical (unpaired) electrons. The molecule has 0 saturated carbocycles. The molecule has 1 heteroatoms. The van der Waals surface area contributed by atoms with Gasteiger partial charge in [-0.2, -0.15) is 4.98 Å². The summed E-state index contributed by atoms with van der Waals surface area (Å²) in [5.74, 6) is 0. The molecule has 122 valence electrons. The van der Waals surface area contributed by atoms with E-state index in [4.69, 9.17) is 0 Å². The Balaban J connectivity index is 1.45. The van der Waals surface area contributed by atoms with Crippen molar-refractivity contribution in [3.05, 3.63) is 96.0 Å². The average molecular weight is 324 g/mol. The van der Waals surface area contributed by atoms with E-state index in [1.54, 1.807) is 0 Å². The van der Waals surface area contributed by atoms with Crippen molar-refractivity contribution >= 4 is 21.7 Å². The quantitative estimate of drug-likeness (QED) is 0.402. The zero-order valence-electron chi connectivity index (χ0n) is 14.6. The molecular formula is C24H22N+. The molecule has 0 aliphatic carbocycles. The van der Waals surface area contributed by atoms with Crippen molar-refractivity contribution in [1.82, 2.24) is 4.98 Å². The Labute approximate surface area is 149 Å². The molecule has 1 nitrogen and oxygen atoms in total. The minimum absolute atomic E-state index is 1.03. The van der Waals surface area contributed by atoms with Crippen LogP contribution in [-0.2, 0) is 12.8 Å². The lowest BCUT2D eigenvalue weighted by molar-refractivity contribution is 0.951. The standard InChI is InChI=1S/C24H22N/c1-2-18-10-12-21-13-11-19(15-23(21)14-18)6-5-7-20-16-22-8-3-4-9-24(22)25-17-20/h3-4,7-17H,2,5-6H2,1H3/q+1. The molecule has 0 saturated heterocycles. The Morgan fingerprint density at radius 3 is 2.48 bits per heavy atom. The Hall–Kier alpha value is -2.80. The molecular weight excluding hydrogens is 302 g/mol. The summed E-state index contributed by atoms with van der Waals surface area (Å²) in [5, 5.41) is 3.88. The van der Waals surface area contributed by atoms with Gasteiger partial charge in [0, 0.05) is 12.8 Å². The van der Waals surface area contributed by atoms with Gasteiger partial charge in [0.05, 0.1) is 17.0 Å². The number of fused-ring (bicyclic) bond motifs is 2. The molecule has 0 fully saturated rings. The maximum Gasteiger partial charge on any atom is 0.149 e. The van der Waals surface area contributed by atoms with Crippen LogP contribution in [0.2, 0.25) is 0 Å². The zero-order valence-corrected chi connectivity index (χ0v) is 14.6. The first-order chi connectivity index (χ1) is 12.3. The predicted octanol–water partition coefficient (Wildman–Crippen LogP) is 6.14. The monoisotopic (exact) mass is 324 g/mol. The molecule has 0 bridgehead atoms. The van der Waals surface area contributed by atoms with Crippen LogP contribution in [0.25, 0.3) is 21.7 Å². The number of pyridine rings is 1. The molecule has 0 atom stereocenters. The van der Waals surface area contributed by atoms with E-state index in [0.29, 0.717) is 0 Å². The third-order valence-corrected chi connectivity index (χ3v) is 4.80. The highest BCUT2D eigenvalue weighted by molar-refractivity contribution is 5.84. The summed E-state index contributed by atoms with van der Waals surface area (Å²) in [6.07, 6.45) is 7.42. The number of benzene rings is 3. The Kier molecular flexibility index (Phi) is 4.39. The third kappa shape index (κ3) is 3.51. The lowest BCUT2D eigenvalue weighted by Gasteiger charge is -2.05. The van der Waals surface area contributed by atoms with Crippen LogP contribution in [0.4, 0.5) is 0 Å². The summed E-state index contributed by atoms with van der Waals surface area (Å²) >= 11 is 0. The van der Waals surface area contributed by atoms with Crippen LogP contribution in [-0.4, -0.2) is 4.98 Å². The van der Waals surface area contributed by atoms with Gasteiger partial charge >= 0.3 is 0 Å². The summed E-state index contributed by atoms with van der Waals surface area (Å²) in [6.45, 7) is 2.21. The normalized spacial score (nSPS) is 11.1. The second-order valence-electron chi connectivity index (χ2n) is 6.57. The molecule has 0 spiro atoms. The molecule has 0 unspecified atom stereocenters. The zero-order chi connectivity index (χ0) is 17.1.